The highest BCUT2D eigenvalue weighted by atomic mass is 16.8. The van der Waals surface area contributed by atoms with E-state index >= 15 is 0 Å². The molecule has 0 saturated carbocycles. The summed E-state index contributed by atoms with van der Waals surface area (Å²) in [7, 11) is 0. The first-order valence-corrected chi connectivity index (χ1v) is 8.93. The Labute approximate surface area is 148 Å². The Balaban J connectivity index is 1.47. The van der Waals surface area contributed by atoms with Crippen molar-refractivity contribution in [2.24, 2.45) is 0 Å². The first-order valence-electron chi connectivity index (χ1n) is 8.93. The number of hydrogen-bond acceptors (Lipinski definition) is 6. The molecule has 25 heavy (non-hydrogen) atoms. The summed E-state index contributed by atoms with van der Waals surface area (Å²) in [4.78, 5) is 0. The molecule has 6 heteroatoms. The molecule has 1 aromatic carbocycles. The summed E-state index contributed by atoms with van der Waals surface area (Å²) in [5.74, 6) is -1.22. The van der Waals surface area contributed by atoms with E-state index in [2.05, 4.69) is 17.4 Å². The normalized spacial score (nSPS) is 38.8. The van der Waals surface area contributed by atoms with Crippen molar-refractivity contribution in [3.8, 4) is 0 Å². The third-order valence-corrected chi connectivity index (χ3v) is 4.84. The van der Waals surface area contributed by atoms with Crippen molar-refractivity contribution in [1.82, 2.24) is 5.32 Å². The van der Waals surface area contributed by atoms with Gasteiger partial charge >= 0.3 is 0 Å². The van der Waals surface area contributed by atoms with Gasteiger partial charge in [-0.1, -0.05) is 30.3 Å². The van der Waals surface area contributed by atoms with Crippen LogP contribution >= 0.6 is 0 Å². The first kappa shape index (κ1) is 17.4. The van der Waals surface area contributed by atoms with Crippen molar-refractivity contribution in [3.05, 3.63) is 35.9 Å². The molecule has 5 atom stereocenters. The lowest BCUT2D eigenvalue weighted by Gasteiger charge is -2.27. The van der Waals surface area contributed by atoms with Crippen LogP contribution in [0.1, 0.15) is 33.3 Å². The standard InChI is InChI=1S/C19H27NO5/c1-18(2)21-11-13(23-18)14-15-16(25-19(3,4)24-15)17(22-14)20-10-12-8-6-5-7-9-12/h5-9,13-17,20H,10-11H2,1-4H3/t13-,14-,15+,16+,17?/m1/s1. The maximum Gasteiger partial charge on any atom is 0.164 e. The fraction of sp³-hybridized carbons (Fsp3) is 0.684. The maximum atomic E-state index is 6.25. The van der Waals surface area contributed by atoms with E-state index in [1.807, 2.05) is 45.9 Å². The molecule has 0 bridgehead atoms. The van der Waals surface area contributed by atoms with Gasteiger partial charge in [-0.05, 0) is 33.3 Å². The molecule has 4 rings (SSSR count). The second kappa shape index (κ2) is 6.30. The molecule has 0 aromatic heterocycles. The lowest BCUT2D eigenvalue weighted by Crippen LogP contribution is -2.41. The molecule has 3 heterocycles. The van der Waals surface area contributed by atoms with Crippen molar-refractivity contribution in [3.63, 3.8) is 0 Å². The molecule has 0 spiro atoms. The minimum Gasteiger partial charge on any atom is -0.352 e. The topological polar surface area (TPSA) is 58.2 Å². The SMILES string of the molecule is CC1(C)O[C@H]2[C@@H]([C@H]3COC(C)(C)O3)OC(NCc3ccccc3)[C@H]2O1. The van der Waals surface area contributed by atoms with Gasteiger partial charge in [0.2, 0.25) is 0 Å². The predicted octanol–water partition coefficient (Wildman–Crippen LogP) is 2.17. The van der Waals surface area contributed by atoms with Crippen LogP contribution in [-0.2, 0) is 30.2 Å². The molecule has 3 fully saturated rings. The summed E-state index contributed by atoms with van der Waals surface area (Å²) >= 11 is 0. The Kier molecular flexibility index (Phi) is 4.38. The Morgan fingerprint density at radius 2 is 1.64 bits per heavy atom. The van der Waals surface area contributed by atoms with Gasteiger partial charge in [-0.15, -0.1) is 0 Å². The molecule has 3 aliphatic rings. The van der Waals surface area contributed by atoms with Crippen molar-refractivity contribution in [1.29, 1.82) is 0 Å². The Bertz CT molecular complexity index is 605. The van der Waals surface area contributed by atoms with Crippen LogP contribution in [0.2, 0.25) is 0 Å². The Morgan fingerprint density at radius 3 is 2.32 bits per heavy atom. The van der Waals surface area contributed by atoms with E-state index in [0.29, 0.717) is 13.2 Å². The van der Waals surface area contributed by atoms with E-state index in [9.17, 15) is 0 Å². The second-order valence-corrected chi connectivity index (χ2v) is 7.82. The summed E-state index contributed by atoms with van der Waals surface area (Å²) in [6, 6.07) is 10.2. The van der Waals surface area contributed by atoms with Gasteiger partial charge in [0.25, 0.3) is 0 Å². The minimum atomic E-state index is -0.626. The lowest BCUT2D eigenvalue weighted by atomic mass is 10.1. The number of benzene rings is 1. The van der Waals surface area contributed by atoms with Gasteiger partial charge in [-0.2, -0.15) is 0 Å². The number of hydrogen-bond donors (Lipinski definition) is 1. The summed E-state index contributed by atoms with van der Waals surface area (Å²) in [6.07, 6.45) is -0.976. The van der Waals surface area contributed by atoms with Gasteiger partial charge in [0.1, 0.15) is 30.6 Å². The summed E-state index contributed by atoms with van der Waals surface area (Å²) in [6.45, 7) is 8.91. The quantitative estimate of drug-likeness (QED) is 0.899. The first-order chi connectivity index (χ1) is 11.8. The van der Waals surface area contributed by atoms with Gasteiger partial charge in [0, 0.05) is 6.54 Å². The number of fused-ring (bicyclic) bond motifs is 1. The van der Waals surface area contributed by atoms with Crippen LogP contribution in [-0.4, -0.2) is 48.8 Å². The molecule has 0 amide bonds. The number of rotatable bonds is 4. The van der Waals surface area contributed by atoms with E-state index in [-0.39, 0.29) is 30.6 Å². The molecular formula is C19H27NO5. The predicted molar refractivity (Wildman–Crippen MR) is 90.7 cm³/mol. The van der Waals surface area contributed by atoms with E-state index in [1.165, 1.54) is 5.56 Å². The average Bonchev–Trinajstić information content (AvgIpc) is 3.17. The van der Waals surface area contributed by atoms with E-state index in [4.69, 9.17) is 23.7 Å². The fourth-order valence-electron chi connectivity index (χ4n) is 3.78. The third kappa shape index (κ3) is 3.60. The molecule has 6 nitrogen and oxygen atoms in total. The highest BCUT2D eigenvalue weighted by Gasteiger charge is 2.58. The van der Waals surface area contributed by atoms with Gasteiger partial charge in [0.05, 0.1) is 6.61 Å². The van der Waals surface area contributed by atoms with Crippen LogP contribution in [0.15, 0.2) is 30.3 Å². The molecule has 1 unspecified atom stereocenters. The zero-order valence-corrected chi connectivity index (χ0v) is 15.2. The molecule has 0 radical (unpaired) electrons. The average molecular weight is 349 g/mol. The highest BCUT2D eigenvalue weighted by Crippen LogP contribution is 2.41. The third-order valence-electron chi connectivity index (χ3n) is 4.84. The Morgan fingerprint density at radius 1 is 0.920 bits per heavy atom. The summed E-state index contributed by atoms with van der Waals surface area (Å²) < 4.78 is 30.2. The number of ether oxygens (including phenoxy) is 5. The fourth-order valence-corrected chi connectivity index (χ4v) is 3.78. The van der Waals surface area contributed by atoms with Crippen LogP contribution < -0.4 is 5.32 Å². The van der Waals surface area contributed by atoms with Gasteiger partial charge in [-0.3, -0.25) is 5.32 Å². The van der Waals surface area contributed by atoms with Crippen molar-refractivity contribution >= 4 is 0 Å². The van der Waals surface area contributed by atoms with Crippen LogP contribution in [0, 0.1) is 0 Å². The second-order valence-electron chi connectivity index (χ2n) is 7.82. The van der Waals surface area contributed by atoms with Crippen LogP contribution in [0.4, 0.5) is 0 Å². The van der Waals surface area contributed by atoms with Crippen molar-refractivity contribution < 1.29 is 23.7 Å². The summed E-state index contributed by atoms with van der Waals surface area (Å²) in [5, 5.41) is 3.46. The molecule has 3 saturated heterocycles. The van der Waals surface area contributed by atoms with Crippen LogP contribution in [0.25, 0.3) is 0 Å². The Hall–Kier alpha value is -1.02. The zero-order chi connectivity index (χ0) is 17.7. The maximum absolute atomic E-state index is 6.25. The molecule has 1 N–H and O–H groups in total. The van der Waals surface area contributed by atoms with E-state index in [1.54, 1.807) is 0 Å². The molecule has 0 aliphatic carbocycles. The number of nitrogens with one attached hydrogen (secondary N) is 1. The highest BCUT2D eigenvalue weighted by molar-refractivity contribution is 5.14. The van der Waals surface area contributed by atoms with E-state index in [0.717, 1.165) is 0 Å². The largest absolute Gasteiger partial charge is 0.352 e. The van der Waals surface area contributed by atoms with Crippen LogP contribution in [0.3, 0.4) is 0 Å². The minimum absolute atomic E-state index is 0.163. The molecule has 138 valence electrons. The monoisotopic (exact) mass is 349 g/mol. The zero-order valence-electron chi connectivity index (χ0n) is 15.2. The van der Waals surface area contributed by atoms with Crippen LogP contribution in [0.5, 0.6) is 0 Å². The molecule has 3 aliphatic heterocycles. The van der Waals surface area contributed by atoms with E-state index < -0.39 is 11.6 Å². The van der Waals surface area contributed by atoms with Gasteiger partial charge in [0.15, 0.2) is 11.6 Å². The molecule has 1 aromatic rings. The smallest absolute Gasteiger partial charge is 0.164 e. The molecular weight excluding hydrogens is 322 g/mol. The summed E-state index contributed by atoms with van der Waals surface area (Å²) in [5.41, 5.74) is 1.20. The van der Waals surface area contributed by atoms with Crippen molar-refractivity contribution in [2.75, 3.05) is 6.61 Å². The van der Waals surface area contributed by atoms with Gasteiger partial charge < -0.3 is 23.7 Å². The van der Waals surface area contributed by atoms with Gasteiger partial charge in [-0.25, -0.2) is 0 Å². The van der Waals surface area contributed by atoms with Crippen molar-refractivity contribution in [2.45, 2.75) is 76.5 Å². The lowest BCUT2D eigenvalue weighted by molar-refractivity contribution is -0.209.